The van der Waals surface area contributed by atoms with Crippen molar-refractivity contribution < 1.29 is 24.0 Å². The predicted octanol–water partition coefficient (Wildman–Crippen LogP) is 3.13. The molecule has 158 valence electrons. The smallest absolute Gasteiger partial charge is 0.282 e. The van der Waals surface area contributed by atoms with E-state index in [0.29, 0.717) is 11.5 Å². The topological polar surface area (TPSA) is 120 Å². The van der Waals surface area contributed by atoms with Crippen LogP contribution in [-0.4, -0.2) is 30.0 Å². The molecule has 0 bridgehead atoms. The molecule has 0 fully saturated rings. The summed E-state index contributed by atoms with van der Waals surface area (Å²) in [6.45, 7) is 0.468. The molecule has 0 aliphatic rings. The van der Waals surface area contributed by atoms with Gasteiger partial charge in [0.2, 0.25) is 0 Å². The van der Waals surface area contributed by atoms with Gasteiger partial charge in [0.1, 0.15) is 30.3 Å². The Morgan fingerprint density at radius 3 is 2.00 bits per heavy atom. The van der Waals surface area contributed by atoms with Gasteiger partial charge in [-0.05, 0) is 30.3 Å². The molecule has 0 saturated heterocycles. The van der Waals surface area contributed by atoms with Crippen molar-refractivity contribution in [3.05, 3.63) is 100 Å². The zero-order chi connectivity index (χ0) is 22.1. The Hall–Kier alpha value is -4.40. The summed E-state index contributed by atoms with van der Waals surface area (Å²) in [6.07, 6.45) is 0. The Labute approximate surface area is 177 Å². The second-order valence-electron chi connectivity index (χ2n) is 6.19. The van der Waals surface area contributed by atoms with Gasteiger partial charge in [-0.1, -0.05) is 42.5 Å². The summed E-state index contributed by atoms with van der Waals surface area (Å²) in [5.41, 5.74) is 4.08. The summed E-state index contributed by atoms with van der Waals surface area (Å²) in [4.78, 5) is 35.1. The van der Waals surface area contributed by atoms with E-state index in [1.807, 2.05) is 30.3 Å². The van der Waals surface area contributed by atoms with E-state index >= 15 is 0 Å². The minimum Gasteiger partial charge on any atom is -0.490 e. The second kappa shape index (κ2) is 10.4. The van der Waals surface area contributed by atoms with E-state index in [2.05, 4.69) is 10.9 Å². The first-order chi connectivity index (χ1) is 15.1. The summed E-state index contributed by atoms with van der Waals surface area (Å²) in [5.74, 6) is -0.437. The van der Waals surface area contributed by atoms with E-state index in [1.165, 1.54) is 30.3 Å². The number of hydrogen-bond donors (Lipinski definition) is 2. The van der Waals surface area contributed by atoms with Crippen molar-refractivity contribution >= 4 is 17.5 Å². The van der Waals surface area contributed by atoms with E-state index in [0.717, 1.165) is 0 Å². The number of hydrogen-bond acceptors (Lipinski definition) is 6. The maximum atomic E-state index is 12.5. The number of ether oxygens (including phenoxy) is 2. The van der Waals surface area contributed by atoms with Crippen molar-refractivity contribution in [2.24, 2.45) is 0 Å². The van der Waals surface area contributed by atoms with E-state index in [-0.39, 0.29) is 30.0 Å². The van der Waals surface area contributed by atoms with Crippen LogP contribution in [0.3, 0.4) is 0 Å². The fourth-order valence-electron chi connectivity index (χ4n) is 2.68. The average Bonchev–Trinajstić information content (AvgIpc) is 2.81. The van der Waals surface area contributed by atoms with E-state index < -0.39 is 16.7 Å². The molecule has 9 heteroatoms. The van der Waals surface area contributed by atoms with Crippen molar-refractivity contribution in [1.82, 2.24) is 10.9 Å². The normalized spacial score (nSPS) is 10.1. The first-order valence-corrected chi connectivity index (χ1v) is 9.30. The molecule has 0 aromatic heterocycles. The average molecular weight is 421 g/mol. The zero-order valence-corrected chi connectivity index (χ0v) is 16.3. The minimum atomic E-state index is -0.810. The molecule has 9 nitrogen and oxygen atoms in total. The molecule has 3 aromatic rings. The number of hydrazine groups is 1. The van der Waals surface area contributed by atoms with E-state index in [4.69, 9.17) is 9.47 Å². The van der Waals surface area contributed by atoms with Gasteiger partial charge in [0, 0.05) is 6.07 Å². The Bertz CT molecular complexity index is 1070. The van der Waals surface area contributed by atoms with Crippen LogP contribution < -0.4 is 20.3 Å². The molecular formula is C22H19N3O6. The van der Waals surface area contributed by atoms with Crippen LogP contribution in [0.5, 0.6) is 11.5 Å². The number of nitro benzene ring substituents is 1. The first kappa shape index (κ1) is 21.3. The molecule has 0 saturated carbocycles. The molecule has 31 heavy (non-hydrogen) atoms. The number of nitro groups is 1. The maximum absolute atomic E-state index is 12.5. The molecule has 0 aliphatic heterocycles. The highest BCUT2D eigenvalue weighted by molar-refractivity contribution is 6.02. The van der Waals surface area contributed by atoms with Crippen LogP contribution in [0.25, 0.3) is 0 Å². The highest BCUT2D eigenvalue weighted by Crippen LogP contribution is 2.19. The van der Waals surface area contributed by atoms with Gasteiger partial charge in [-0.25, -0.2) is 0 Å². The third kappa shape index (κ3) is 5.80. The van der Waals surface area contributed by atoms with Crippen LogP contribution in [0.4, 0.5) is 5.69 Å². The number of rotatable bonds is 8. The summed E-state index contributed by atoms with van der Waals surface area (Å²) in [5, 5.41) is 11.1. The third-order valence-electron chi connectivity index (χ3n) is 4.12. The molecule has 3 rings (SSSR count). The molecule has 0 radical (unpaired) electrons. The molecule has 0 aliphatic carbocycles. The van der Waals surface area contributed by atoms with Gasteiger partial charge >= 0.3 is 0 Å². The Morgan fingerprint density at radius 2 is 1.29 bits per heavy atom. The Balaban J connectivity index is 1.57. The van der Waals surface area contributed by atoms with Crippen molar-refractivity contribution in [3.8, 4) is 11.5 Å². The van der Waals surface area contributed by atoms with Crippen molar-refractivity contribution in [2.75, 3.05) is 13.2 Å². The maximum Gasteiger partial charge on any atom is 0.282 e. The molecule has 0 heterocycles. The van der Waals surface area contributed by atoms with Crippen molar-refractivity contribution in [3.63, 3.8) is 0 Å². The predicted molar refractivity (Wildman–Crippen MR) is 112 cm³/mol. The monoisotopic (exact) mass is 421 g/mol. The van der Waals surface area contributed by atoms with Crippen LogP contribution in [0.1, 0.15) is 20.7 Å². The number of nitrogens with zero attached hydrogens (tertiary/aromatic N) is 1. The summed E-state index contributed by atoms with van der Waals surface area (Å²) >= 11 is 0. The Kier molecular flexibility index (Phi) is 7.15. The number of amides is 2. The van der Waals surface area contributed by atoms with Gasteiger partial charge in [0.25, 0.3) is 17.5 Å². The highest BCUT2D eigenvalue weighted by Gasteiger charge is 2.20. The number of carbonyl (C=O) groups is 2. The van der Waals surface area contributed by atoms with Gasteiger partial charge in [-0.2, -0.15) is 0 Å². The summed E-state index contributed by atoms with van der Waals surface area (Å²) in [7, 11) is 0. The molecule has 0 atom stereocenters. The van der Waals surface area contributed by atoms with E-state index in [1.54, 1.807) is 18.2 Å². The zero-order valence-electron chi connectivity index (χ0n) is 16.3. The van der Waals surface area contributed by atoms with E-state index in [9.17, 15) is 19.7 Å². The quantitative estimate of drug-likeness (QED) is 0.328. The van der Waals surface area contributed by atoms with Gasteiger partial charge in [0.05, 0.1) is 10.5 Å². The third-order valence-corrected chi connectivity index (χ3v) is 4.12. The number of para-hydroxylation sites is 3. The fraction of sp³-hybridized carbons (Fsp3) is 0.0909. The van der Waals surface area contributed by atoms with Crippen LogP contribution in [0.15, 0.2) is 78.9 Å². The van der Waals surface area contributed by atoms with Crippen LogP contribution in [0.2, 0.25) is 0 Å². The van der Waals surface area contributed by atoms with Crippen molar-refractivity contribution in [1.29, 1.82) is 0 Å². The summed E-state index contributed by atoms with van der Waals surface area (Å²) in [6, 6.07) is 21.2. The number of nitrogens with one attached hydrogen (secondary N) is 2. The van der Waals surface area contributed by atoms with Gasteiger partial charge in [-0.15, -0.1) is 0 Å². The molecule has 2 N–H and O–H groups in total. The standard InChI is InChI=1S/C22H19N3O6/c26-21(17-10-4-6-12-19(17)25(28)29)23-24-22(27)18-11-5-7-13-20(18)31-15-14-30-16-8-2-1-3-9-16/h1-13H,14-15H2,(H,23,26)(H,24,27). The fourth-order valence-corrected chi connectivity index (χ4v) is 2.68. The molecule has 0 spiro atoms. The SMILES string of the molecule is O=C(NNC(=O)c1ccccc1[N+](=O)[O-])c1ccccc1OCCOc1ccccc1. The molecule has 3 aromatic carbocycles. The number of benzene rings is 3. The van der Waals surface area contributed by atoms with Crippen LogP contribution >= 0.6 is 0 Å². The second-order valence-corrected chi connectivity index (χ2v) is 6.19. The molecular weight excluding hydrogens is 402 g/mol. The van der Waals surface area contributed by atoms with Gasteiger partial charge in [-0.3, -0.25) is 30.6 Å². The lowest BCUT2D eigenvalue weighted by Crippen LogP contribution is -2.42. The lowest BCUT2D eigenvalue weighted by molar-refractivity contribution is -0.385. The van der Waals surface area contributed by atoms with Crippen molar-refractivity contribution in [2.45, 2.75) is 0 Å². The Morgan fingerprint density at radius 1 is 0.742 bits per heavy atom. The number of carbonyl (C=O) groups excluding carboxylic acids is 2. The van der Waals surface area contributed by atoms with Gasteiger partial charge in [0.15, 0.2) is 0 Å². The van der Waals surface area contributed by atoms with Crippen LogP contribution in [0, 0.1) is 10.1 Å². The first-order valence-electron chi connectivity index (χ1n) is 9.30. The summed E-state index contributed by atoms with van der Waals surface area (Å²) < 4.78 is 11.2. The minimum absolute atomic E-state index is 0.171. The van der Waals surface area contributed by atoms with Crippen LogP contribution in [-0.2, 0) is 0 Å². The highest BCUT2D eigenvalue weighted by atomic mass is 16.6. The largest absolute Gasteiger partial charge is 0.490 e. The lowest BCUT2D eigenvalue weighted by atomic mass is 10.1. The lowest BCUT2D eigenvalue weighted by Gasteiger charge is -2.13. The van der Waals surface area contributed by atoms with Gasteiger partial charge < -0.3 is 9.47 Å². The molecule has 2 amide bonds. The molecule has 0 unspecified atom stereocenters.